The van der Waals surface area contributed by atoms with E-state index >= 15 is 0 Å². The lowest BCUT2D eigenvalue weighted by Gasteiger charge is -2.41. The summed E-state index contributed by atoms with van der Waals surface area (Å²) < 4.78 is 44.7. The first-order valence-electron chi connectivity index (χ1n) is 17.6. The molecule has 1 saturated heterocycles. The molecule has 10 nitrogen and oxygen atoms in total. The number of aromatic nitrogens is 2. The van der Waals surface area contributed by atoms with Gasteiger partial charge < -0.3 is 24.5 Å². The van der Waals surface area contributed by atoms with Gasteiger partial charge in [0.1, 0.15) is 6.04 Å². The summed E-state index contributed by atoms with van der Waals surface area (Å²) in [6.45, 7) is 4.51. The molecule has 5 atom stereocenters. The highest BCUT2D eigenvalue weighted by Gasteiger charge is 2.39. The summed E-state index contributed by atoms with van der Waals surface area (Å²) in [6, 6.07) is 37.7. The number of aliphatic hydroxyl groups excluding tert-OH is 1. The Morgan fingerprint density at radius 1 is 0.830 bits per heavy atom. The van der Waals surface area contributed by atoms with Gasteiger partial charge in [-0.2, -0.15) is 4.72 Å². The van der Waals surface area contributed by atoms with Crippen LogP contribution in [0.3, 0.4) is 0 Å². The molecule has 6 aromatic rings. The highest BCUT2D eigenvalue weighted by atomic mass is 32.2. The van der Waals surface area contributed by atoms with Crippen molar-refractivity contribution in [2.75, 3.05) is 5.32 Å². The van der Waals surface area contributed by atoms with Crippen molar-refractivity contribution in [1.82, 2.24) is 14.3 Å². The average Bonchev–Trinajstić information content (AvgIpc) is 3.59. The standard InChI is InChI=1S/C42H42N4O6S/c1-28-12-22-35(23-13-28)53(49,50)45-37(24-30-8-4-3-5-9-30)41(48)44-34-20-18-33(19-21-34)42-51-39(25-46-27-43-36-10-6-7-11-38(36)46)29(2)40(52-42)32-16-14-31(26-47)15-17-32/h3-23,27,29,37,39-40,42,45,47H,24-26H2,1-2H3,(H,44,48). The van der Waals surface area contributed by atoms with Gasteiger partial charge in [0.2, 0.25) is 15.9 Å². The van der Waals surface area contributed by atoms with Crippen molar-refractivity contribution in [1.29, 1.82) is 0 Å². The molecule has 0 bridgehead atoms. The van der Waals surface area contributed by atoms with Crippen LogP contribution in [0.25, 0.3) is 11.0 Å². The van der Waals surface area contributed by atoms with Crippen molar-refractivity contribution in [3.8, 4) is 0 Å². The number of aryl methyl sites for hydroxylation is 1. The first-order chi connectivity index (χ1) is 25.7. The van der Waals surface area contributed by atoms with Crippen LogP contribution in [0.5, 0.6) is 0 Å². The fraction of sp³-hybridized carbons (Fsp3) is 0.238. The van der Waals surface area contributed by atoms with Crippen LogP contribution < -0.4 is 10.0 Å². The molecule has 1 aliphatic heterocycles. The number of ether oxygens (including phenoxy) is 2. The van der Waals surface area contributed by atoms with Crippen LogP contribution in [0.4, 0.5) is 5.69 Å². The van der Waals surface area contributed by atoms with Crippen molar-refractivity contribution in [3.05, 3.63) is 162 Å². The Kier molecular flexibility index (Phi) is 10.8. The van der Waals surface area contributed by atoms with Crippen LogP contribution in [-0.4, -0.2) is 41.1 Å². The number of carbonyl (C=O) groups is 1. The molecule has 7 rings (SSSR count). The minimum atomic E-state index is -3.99. The Hall–Kier alpha value is -5.17. The summed E-state index contributed by atoms with van der Waals surface area (Å²) in [7, 11) is -3.99. The van der Waals surface area contributed by atoms with Crippen LogP contribution in [-0.2, 0) is 43.9 Å². The van der Waals surface area contributed by atoms with Gasteiger partial charge in [-0.05, 0) is 66.4 Å². The SMILES string of the molecule is Cc1ccc(S(=O)(=O)NC(Cc2ccccc2)C(=O)Nc2ccc(C3OC(Cn4cnc5ccccc54)C(C)C(c4ccc(CO)cc4)O3)cc2)cc1. The molecule has 0 saturated carbocycles. The number of hydrogen-bond acceptors (Lipinski definition) is 7. The number of nitrogens with zero attached hydrogens (tertiary/aromatic N) is 2. The number of aliphatic hydroxyl groups is 1. The van der Waals surface area contributed by atoms with Crippen molar-refractivity contribution in [2.45, 2.75) is 62.9 Å². The molecule has 5 unspecified atom stereocenters. The number of anilines is 1. The minimum Gasteiger partial charge on any atom is -0.392 e. The van der Waals surface area contributed by atoms with Crippen molar-refractivity contribution >= 4 is 32.7 Å². The molecule has 1 aliphatic rings. The van der Waals surface area contributed by atoms with E-state index in [1.165, 1.54) is 12.1 Å². The lowest BCUT2D eigenvalue weighted by atomic mass is 9.90. The molecule has 2 heterocycles. The number of amides is 1. The number of imidazole rings is 1. The summed E-state index contributed by atoms with van der Waals surface area (Å²) in [6.07, 6.45) is 0.728. The van der Waals surface area contributed by atoms with Crippen LogP contribution in [0.1, 0.15) is 47.1 Å². The maximum atomic E-state index is 13.7. The second kappa shape index (κ2) is 15.8. The second-order valence-electron chi connectivity index (χ2n) is 13.5. The highest BCUT2D eigenvalue weighted by molar-refractivity contribution is 7.89. The molecule has 0 aliphatic carbocycles. The summed E-state index contributed by atoms with van der Waals surface area (Å²) >= 11 is 0. The monoisotopic (exact) mass is 730 g/mol. The molecule has 53 heavy (non-hydrogen) atoms. The van der Waals surface area contributed by atoms with E-state index in [9.17, 15) is 18.3 Å². The topological polar surface area (TPSA) is 132 Å². The predicted octanol–water partition coefficient (Wildman–Crippen LogP) is 6.86. The number of para-hydroxylation sites is 2. The molecule has 0 spiro atoms. The van der Waals surface area contributed by atoms with Gasteiger partial charge in [0.25, 0.3) is 0 Å². The van der Waals surface area contributed by atoms with E-state index in [0.29, 0.717) is 12.2 Å². The third kappa shape index (κ3) is 8.40. The average molecular weight is 731 g/mol. The van der Waals surface area contributed by atoms with Gasteiger partial charge in [-0.25, -0.2) is 13.4 Å². The van der Waals surface area contributed by atoms with Crippen LogP contribution >= 0.6 is 0 Å². The largest absolute Gasteiger partial charge is 0.392 e. The number of carbonyl (C=O) groups excluding carboxylic acids is 1. The summed E-state index contributed by atoms with van der Waals surface area (Å²) in [5.74, 6) is -0.522. The smallest absolute Gasteiger partial charge is 0.242 e. The summed E-state index contributed by atoms with van der Waals surface area (Å²) in [5.41, 5.74) is 6.71. The summed E-state index contributed by atoms with van der Waals surface area (Å²) in [4.78, 5) is 18.4. The zero-order chi connectivity index (χ0) is 37.0. The van der Waals surface area contributed by atoms with Crippen molar-refractivity contribution in [2.24, 2.45) is 5.92 Å². The first-order valence-corrected chi connectivity index (χ1v) is 19.1. The number of nitrogens with one attached hydrogen (secondary N) is 2. The Morgan fingerprint density at radius 3 is 2.23 bits per heavy atom. The molecular weight excluding hydrogens is 689 g/mol. The van der Waals surface area contributed by atoms with Gasteiger partial charge in [0.05, 0.1) is 47.6 Å². The van der Waals surface area contributed by atoms with Gasteiger partial charge in [0, 0.05) is 17.2 Å². The normalized spacial score (nSPS) is 19.5. The summed E-state index contributed by atoms with van der Waals surface area (Å²) in [5, 5.41) is 12.5. The number of fused-ring (bicyclic) bond motifs is 1. The maximum absolute atomic E-state index is 13.7. The van der Waals surface area contributed by atoms with Crippen molar-refractivity contribution in [3.63, 3.8) is 0 Å². The Bertz CT molecular complexity index is 2260. The molecule has 272 valence electrons. The van der Waals surface area contributed by atoms with Gasteiger partial charge >= 0.3 is 0 Å². The third-order valence-corrected chi connectivity index (χ3v) is 11.2. The first kappa shape index (κ1) is 36.2. The molecule has 3 N–H and O–H groups in total. The Labute approximate surface area is 309 Å². The highest BCUT2D eigenvalue weighted by Crippen LogP contribution is 2.42. The van der Waals surface area contributed by atoms with Crippen molar-refractivity contribution < 1.29 is 27.8 Å². The van der Waals surface area contributed by atoms with Gasteiger partial charge in [-0.3, -0.25) is 4.79 Å². The Balaban J connectivity index is 1.11. The Morgan fingerprint density at radius 2 is 1.51 bits per heavy atom. The molecule has 5 aromatic carbocycles. The number of sulfonamides is 1. The fourth-order valence-corrected chi connectivity index (χ4v) is 7.84. The van der Waals surface area contributed by atoms with E-state index < -0.39 is 28.3 Å². The van der Waals surface area contributed by atoms with Crippen LogP contribution in [0.15, 0.2) is 139 Å². The minimum absolute atomic E-state index is 0.0313. The van der Waals surface area contributed by atoms with E-state index in [2.05, 4.69) is 26.5 Å². The molecule has 1 amide bonds. The zero-order valence-corrected chi connectivity index (χ0v) is 30.3. The van der Waals surface area contributed by atoms with E-state index in [0.717, 1.165) is 38.9 Å². The zero-order valence-electron chi connectivity index (χ0n) is 29.5. The molecule has 1 aromatic heterocycles. The number of benzene rings is 5. The predicted molar refractivity (Wildman–Crippen MR) is 203 cm³/mol. The van der Waals surface area contributed by atoms with Gasteiger partial charge in [-0.15, -0.1) is 0 Å². The number of rotatable bonds is 12. The van der Waals surface area contributed by atoms with E-state index in [4.69, 9.17) is 9.47 Å². The third-order valence-electron chi connectivity index (χ3n) is 9.71. The maximum Gasteiger partial charge on any atom is 0.242 e. The lowest BCUT2D eigenvalue weighted by Crippen LogP contribution is -2.45. The van der Waals surface area contributed by atoms with E-state index in [1.807, 2.05) is 104 Å². The molecular formula is C42H42N4O6S. The quantitative estimate of drug-likeness (QED) is 0.125. The molecule has 0 radical (unpaired) electrons. The molecule has 1 fully saturated rings. The molecule has 11 heteroatoms. The van der Waals surface area contributed by atoms with Crippen LogP contribution in [0.2, 0.25) is 0 Å². The van der Waals surface area contributed by atoms with Gasteiger partial charge in [0.15, 0.2) is 6.29 Å². The van der Waals surface area contributed by atoms with E-state index in [1.54, 1.807) is 24.3 Å². The second-order valence-corrected chi connectivity index (χ2v) is 15.2. The number of hydrogen-bond donors (Lipinski definition) is 3. The van der Waals surface area contributed by atoms with E-state index in [-0.39, 0.29) is 36.0 Å². The van der Waals surface area contributed by atoms with Crippen LogP contribution in [0, 0.1) is 12.8 Å². The van der Waals surface area contributed by atoms with Gasteiger partial charge in [-0.1, -0.05) is 103 Å². The fourth-order valence-electron chi connectivity index (χ4n) is 6.64. The lowest BCUT2D eigenvalue weighted by molar-refractivity contribution is -0.276.